The summed E-state index contributed by atoms with van der Waals surface area (Å²) >= 11 is 0. The first-order valence-electron chi connectivity index (χ1n) is 7.96. The summed E-state index contributed by atoms with van der Waals surface area (Å²) in [6.07, 6.45) is 9.39. The first kappa shape index (κ1) is 15.7. The van der Waals surface area contributed by atoms with Crippen LogP contribution in [0.2, 0.25) is 0 Å². The second-order valence-electron chi connectivity index (χ2n) is 6.04. The van der Waals surface area contributed by atoms with E-state index in [1.807, 2.05) is 25.3 Å². The molecule has 0 aromatic carbocycles. The van der Waals surface area contributed by atoms with E-state index in [2.05, 4.69) is 15.3 Å². The zero-order chi connectivity index (χ0) is 16.2. The summed E-state index contributed by atoms with van der Waals surface area (Å²) < 4.78 is 7.17. The SMILES string of the molecule is COC1CCC(NC(=O)c2cc(C)cc(-n3ccnc3)n2)CC1. The van der Waals surface area contributed by atoms with Crippen molar-refractivity contribution in [2.45, 2.75) is 44.8 Å². The van der Waals surface area contributed by atoms with Gasteiger partial charge in [0.05, 0.1) is 6.10 Å². The van der Waals surface area contributed by atoms with E-state index in [4.69, 9.17) is 4.74 Å². The summed E-state index contributed by atoms with van der Waals surface area (Å²) in [6.45, 7) is 1.96. The van der Waals surface area contributed by atoms with Crippen LogP contribution in [0.15, 0.2) is 30.9 Å². The van der Waals surface area contributed by atoms with Gasteiger partial charge in [-0.15, -0.1) is 0 Å². The molecule has 2 aromatic heterocycles. The van der Waals surface area contributed by atoms with E-state index in [9.17, 15) is 4.79 Å². The molecule has 0 radical (unpaired) electrons. The third-order valence-corrected chi connectivity index (χ3v) is 4.30. The van der Waals surface area contributed by atoms with Gasteiger partial charge in [-0.05, 0) is 50.3 Å². The quantitative estimate of drug-likeness (QED) is 0.940. The van der Waals surface area contributed by atoms with Crippen LogP contribution in [0.25, 0.3) is 5.82 Å². The number of hydrogen-bond acceptors (Lipinski definition) is 4. The Bertz CT molecular complexity index is 661. The Hall–Kier alpha value is -2.21. The van der Waals surface area contributed by atoms with E-state index in [0.29, 0.717) is 17.6 Å². The molecule has 2 heterocycles. The van der Waals surface area contributed by atoms with Crippen LogP contribution < -0.4 is 5.32 Å². The van der Waals surface area contributed by atoms with E-state index >= 15 is 0 Å². The summed E-state index contributed by atoms with van der Waals surface area (Å²) in [4.78, 5) is 21.0. The highest BCUT2D eigenvalue weighted by Crippen LogP contribution is 2.21. The molecule has 1 amide bonds. The lowest BCUT2D eigenvalue weighted by atomic mass is 9.93. The second kappa shape index (κ2) is 6.91. The lowest BCUT2D eigenvalue weighted by Crippen LogP contribution is -2.39. The number of hydrogen-bond donors (Lipinski definition) is 1. The minimum Gasteiger partial charge on any atom is -0.381 e. The fourth-order valence-electron chi connectivity index (χ4n) is 2.99. The Kier molecular flexibility index (Phi) is 4.71. The van der Waals surface area contributed by atoms with Crippen LogP contribution in [0.4, 0.5) is 0 Å². The van der Waals surface area contributed by atoms with Crippen molar-refractivity contribution in [1.82, 2.24) is 19.9 Å². The number of nitrogens with zero attached hydrogens (tertiary/aromatic N) is 3. The predicted molar refractivity (Wildman–Crippen MR) is 86.6 cm³/mol. The third-order valence-electron chi connectivity index (χ3n) is 4.30. The fourth-order valence-corrected chi connectivity index (χ4v) is 2.99. The van der Waals surface area contributed by atoms with Crippen LogP contribution >= 0.6 is 0 Å². The van der Waals surface area contributed by atoms with E-state index < -0.39 is 0 Å². The predicted octanol–water partition coefficient (Wildman–Crippen LogP) is 2.26. The molecule has 3 rings (SSSR count). The number of aromatic nitrogens is 3. The number of carbonyl (C=O) groups excluding carboxylic acids is 1. The number of rotatable bonds is 4. The highest BCUT2D eigenvalue weighted by molar-refractivity contribution is 5.92. The van der Waals surface area contributed by atoms with Crippen molar-refractivity contribution >= 4 is 5.91 Å². The van der Waals surface area contributed by atoms with E-state index in [0.717, 1.165) is 31.2 Å². The average molecular weight is 314 g/mol. The summed E-state index contributed by atoms with van der Waals surface area (Å²) in [5.74, 6) is 0.590. The molecule has 122 valence electrons. The highest BCUT2D eigenvalue weighted by Gasteiger charge is 2.23. The maximum absolute atomic E-state index is 12.5. The molecule has 0 atom stereocenters. The zero-order valence-electron chi connectivity index (χ0n) is 13.5. The van der Waals surface area contributed by atoms with Crippen LogP contribution in [0.3, 0.4) is 0 Å². The van der Waals surface area contributed by atoms with Gasteiger partial charge in [-0.1, -0.05) is 0 Å². The monoisotopic (exact) mass is 314 g/mol. The molecule has 0 bridgehead atoms. The van der Waals surface area contributed by atoms with Gasteiger partial charge in [0.25, 0.3) is 5.91 Å². The molecule has 1 aliphatic rings. The lowest BCUT2D eigenvalue weighted by Gasteiger charge is -2.28. The van der Waals surface area contributed by atoms with E-state index in [1.165, 1.54) is 0 Å². The summed E-state index contributed by atoms with van der Waals surface area (Å²) in [5.41, 5.74) is 1.44. The summed E-state index contributed by atoms with van der Waals surface area (Å²) in [6, 6.07) is 3.95. The van der Waals surface area contributed by atoms with Crippen molar-refractivity contribution in [1.29, 1.82) is 0 Å². The first-order chi connectivity index (χ1) is 11.2. The van der Waals surface area contributed by atoms with Crippen LogP contribution in [0, 0.1) is 6.92 Å². The van der Waals surface area contributed by atoms with Gasteiger partial charge in [-0.2, -0.15) is 0 Å². The number of ether oxygens (including phenoxy) is 1. The Morgan fingerprint density at radius 1 is 1.30 bits per heavy atom. The molecule has 1 N–H and O–H groups in total. The van der Waals surface area contributed by atoms with Crippen molar-refractivity contribution in [3.63, 3.8) is 0 Å². The van der Waals surface area contributed by atoms with Crippen molar-refractivity contribution in [3.05, 3.63) is 42.1 Å². The van der Waals surface area contributed by atoms with Gasteiger partial charge in [-0.3, -0.25) is 9.36 Å². The van der Waals surface area contributed by atoms with Crippen molar-refractivity contribution in [2.24, 2.45) is 0 Å². The maximum Gasteiger partial charge on any atom is 0.270 e. The molecule has 6 nitrogen and oxygen atoms in total. The molecule has 1 aliphatic carbocycles. The number of imidazole rings is 1. The molecule has 0 aliphatic heterocycles. The Labute approximate surface area is 135 Å². The third kappa shape index (κ3) is 3.76. The number of carbonyl (C=O) groups is 1. The maximum atomic E-state index is 12.5. The molecule has 0 unspecified atom stereocenters. The number of aryl methyl sites for hydroxylation is 1. The Balaban J connectivity index is 1.70. The van der Waals surface area contributed by atoms with Crippen molar-refractivity contribution in [3.8, 4) is 5.82 Å². The normalized spacial score (nSPS) is 21.1. The lowest BCUT2D eigenvalue weighted by molar-refractivity contribution is 0.0598. The van der Waals surface area contributed by atoms with Crippen LogP contribution in [-0.2, 0) is 4.74 Å². The molecule has 0 saturated heterocycles. The summed E-state index contributed by atoms with van der Waals surface area (Å²) in [7, 11) is 1.75. The minimum absolute atomic E-state index is 0.115. The zero-order valence-corrected chi connectivity index (χ0v) is 13.5. The van der Waals surface area contributed by atoms with Crippen LogP contribution in [-0.4, -0.2) is 39.7 Å². The second-order valence-corrected chi connectivity index (χ2v) is 6.04. The van der Waals surface area contributed by atoms with E-state index in [-0.39, 0.29) is 11.9 Å². The molecule has 23 heavy (non-hydrogen) atoms. The topological polar surface area (TPSA) is 69.0 Å². The summed E-state index contributed by atoms with van der Waals surface area (Å²) in [5, 5.41) is 3.10. The highest BCUT2D eigenvalue weighted by atomic mass is 16.5. The Morgan fingerprint density at radius 3 is 2.74 bits per heavy atom. The molecule has 6 heteroatoms. The smallest absolute Gasteiger partial charge is 0.270 e. The van der Waals surface area contributed by atoms with Gasteiger partial charge < -0.3 is 10.1 Å². The molecular formula is C17H22N4O2. The minimum atomic E-state index is -0.115. The van der Waals surface area contributed by atoms with E-state index in [1.54, 1.807) is 24.2 Å². The first-order valence-corrected chi connectivity index (χ1v) is 7.96. The fraction of sp³-hybridized carbons (Fsp3) is 0.471. The molecule has 2 aromatic rings. The van der Waals surface area contributed by atoms with Gasteiger partial charge >= 0.3 is 0 Å². The van der Waals surface area contributed by atoms with Crippen LogP contribution in [0.5, 0.6) is 0 Å². The van der Waals surface area contributed by atoms with Crippen molar-refractivity contribution in [2.75, 3.05) is 7.11 Å². The number of pyridine rings is 1. The molecular weight excluding hydrogens is 292 g/mol. The standard InChI is InChI=1S/C17H22N4O2/c1-12-9-15(20-16(10-12)21-8-7-18-11-21)17(22)19-13-3-5-14(23-2)6-4-13/h7-11,13-14H,3-6H2,1-2H3,(H,19,22). The number of methoxy groups -OCH3 is 1. The van der Waals surface area contributed by atoms with Gasteiger partial charge in [0.15, 0.2) is 0 Å². The van der Waals surface area contributed by atoms with Gasteiger partial charge in [0.2, 0.25) is 0 Å². The van der Waals surface area contributed by atoms with Gasteiger partial charge in [-0.25, -0.2) is 9.97 Å². The largest absolute Gasteiger partial charge is 0.381 e. The van der Waals surface area contributed by atoms with Crippen molar-refractivity contribution < 1.29 is 9.53 Å². The van der Waals surface area contributed by atoms with Crippen LogP contribution in [0.1, 0.15) is 41.7 Å². The number of amides is 1. The average Bonchev–Trinajstić information content (AvgIpc) is 3.09. The molecule has 0 spiro atoms. The number of nitrogens with one attached hydrogen (secondary N) is 1. The molecule has 1 fully saturated rings. The Morgan fingerprint density at radius 2 is 2.09 bits per heavy atom. The van der Waals surface area contributed by atoms with Gasteiger partial charge in [0.1, 0.15) is 17.8 Å². The van der Waals surface area contributed by atoms with Gasteiger partial charge in [0, 0.05) is 25.5 Å². The molecule has 1 saturated carbocycles.